The predicted molar refractivity (Wildman–Crippen MR) is 74.7 cm³/mol. The van der Waals surface area contributed by atoms with Crippen molar-refractivity contribution in [3.63, 3.8) is 0 Å². The Balaban J connectivity index is 2.87. The number of hydrogen-bond acceptors (Lipinski definition) is 5. The van der Waals surface area contributed by atoms with Crippen molar-refractivity contribution < 1.29 is 14.3 Å². The Kier molecular flexibility index (Phi) is 5.88. The Labute approximate surface area is 122 Å². The zero-order chi connectivity index (χ0) is 15.3. The molecular formula is C13H18ClN3O3. The second-order valence-corrected chi connectivity index (χ2v) is 4.93. The zero-order valence-corrected chi connectivity index (χ0v) is 12.7. The minimum Gasteiger partial charge on any atom is -0.464 e. The van der Waals surface area contributed by atoms with Crippen molar-refractivity contribution in [2.24, 2.45) is 0 Å². The first-order chi connectivity index (χ1) is 9.36. The summed E-state index contributed by atoms with van der Waals surface area (Å²) in [5.74, 6) is -0.445. The highest BCUT2D eigenvalue weighted by Crippen LogP contribution is 2.16. The number of ether oxygens (including phenoxy) is 1. The first-order valence-corrected chi connectivity index (χ1v) is 6.74. The number of amides is 1. The van der Waals surface area contributed by atoms with Crippen LogP contribution in [0.4, 0.5) is 0 Å². The number of carbonyl (C=O) groups is 2. The molecule has 7 heteroatoms. The van der Waals surface area contributed by atoms with Crippen LogP contribution in [0.5, 0.6) is 0 Å². The van der Waals surface area contributed by atoms with Gasteiger partial charge >= 0.3 is 5.97 Å². The van der Waals surface area contributed by atoms with Crippen LogP contribution < -0.4 is 5.32 Å². The molecule has 1 atom stereocenters. The molecule has 1 unspecified atom stereocenters. The average molecular weight is 300 g/mol. The molecule has 0 radical (unpaired) electrons. The molecule has 20 heavy (non-hydrogen) atoms. The fourth-order valence-electron chi connectivity index (χ4n) is 1.41. The molecular weight excluding hydrogens is 282 g/mol. The summed E-state index contributed by atoms with van der Waals surface area (Å²) in [7, 11) is 0. The van der Waals surface area contributed by atoms with Gasteiger partial charge in [-0.25, -0.2) is 14.8 Å². The molecule has 110 valence electrons. The number of carbonyl (C=O) groups excluding carboxylic acids is 2. The molecule has 1 amide bonds. The van der Waals surface area contributed by atoms with Gasteiger partial charge < -0.3 is 10.1 Å². The molecule has 0 fully saturated rings. The van der Waals surface area contributed by atoms with Gasteiger partial charge in [-0.3, -0.25) is 4.79 Å². The molecule has 6 nitrogen and oxygen atoms in total. The van der Waals surface area contributed by atoms with Gasteiger partial charge in [0.2, 0.25) is 0 Å². The molecule has 1 heterocycles. The van der Waals surface area contributed by atoms with E-state index in [0.29, 0.717) is 5.82 Å². The van der Waals surface area contributed by atoms with Crippen LogP contribution in [0.25, 0.3) is 0 Å². The first-order valence-electron chi connectivity index (χ1n) is 6.36. The normalized spacial score (nSPS) is 12.1. The van der Waals surface area contributed by atoms with Gasteiger partial charge in [-0.2, -0.15) is 0 Å². The monoisotopic (exact) mass is 299 g/mol. The summed E-state index contributed by atoms with van der Waals surface area (Å²) in [5, 5.41) is 2.64. The number of hydrogen-bond donors (Lipinski definition) is 1. The van der Waals surface area contributed by atoms with Crippen LogP contribution in [0, 0.1) is 0 Å². The fourth-order valence-corrected chi connectivity index (χ4v) is 1.59. The first kappa shape index (κ1) is 16.4. The van der Waals surface area contributed by atoms with Crippen LogP contribution in [0.1, 0.15) is 49.9 Å². The average Bonchev–Trinajstić information content (AvgIpc) is 2.38. The Morgan fingerprint density at radius 1 is 1.40 bits per heavy atom. The summed E-state index contributed by atoms with van der Waals surface area (Å²) in [6.07, 6.45) is 1.38. The predicted octanol–water partition coefficient (Wildman–Crippen LogP) is 1.93. The van der Waals surface area contributed by atoms with E-state index in [0.717, 1.165) is 0 Å². The smallest absolute Gasteiger partial charge is 0.328 e. The summed E-state index contributed by atoms with van der Waals surface area (Å²) >= 11 is 5.92. The summed E-state index contributed by atoms with van der Waals surface area (Å²) in [6.45, 7) is 7.31. The number of rotatable bonds is 5. The lowest BCUT2D eigenvalue weighted by molar-refractivity contribution is -0.144. The van der Waals surface area contributed by atoms with Gasteiger partial charge in [0.05, 0.1) is 17.8 Å². The van der Waals surface area contributed by atoms with E-state index in [9.17, 15) is 9.59 Å². The van der Waals surface area contributed by atoms with E-state index < -0.39 is 17.9 Å². The minimum absolute atomic E-state index is 0.0570. The van der Waals surface area contributed by atoms with Crippen LogP contribution in [0.15, 0.2) is 6.20 Å². The van der Waals surface area contributed by atoms with Gasteiger partial charge in [-0.15, -0.1) is 0 Å². The highest BCUT2D eigenvalue weighted by Gasteiger charge is 2.21. The van der Waals surface area contributed by atoms with Crippen molar-refractivity contribution in [3.05, 3.63) is 22.7 Å². The van der Waals surface area contributed by atoms with Crippen molar-refractivity contribution in [1.29, 1.82) is 0 Å². The van der Waals surface area contributed by atoms with Crippen molar-refractivity contribution in [2.75, 3.05) is 6.61 Å². The third-order valence-electron chi connectivity index (χ3n) is 2.48. The molecule has 0 aliphatic carbocycles. The summed E-state index contributed by atoms with van der Waals surface area (Å²) in [5.41, 5.74) is 0.0570. The van der Waals surface area contributed by atoms with Crippen molar-refractivity contribution in [2.45, 2.75) is 39.7 Å². The minimum atomic E-state index is -0.768. The van der Waals surface area contributed by atoms with E-state index in [1.54, 1.807) is 6.92 Å². The van der Waals surface area contributed by atoms with Gasteiger partial charge in [-0.05, 0) is 13.8 Å². The van der Waals surface area contributed by atoms with Gasteiger partial charge in [0.1, 0.15) is 17.6 Å². The topological polar surface area (TPSA) is 81.2 Å². The van der Waals surface area contributed by atoms with Gasteiger partial charge in [0, 0.05) is 5.92 Å². The van der Waals surface area contributed by atoms with E-state index in [2.05, 4.69) is 15.3 Å². The second kappa shape index (κ2) is 7.19. The van der Waals surface area contributed by atoms with Crippen molar-refractivity contribution >= 4 is 23.5 Å². The maximum absolute atomic E-state index is 12.1. The molecule has 0 bridgehead atoms. The number of nitrogens with zero attached hydrogens (tertiary/aromatic N) is 2. The van der Waals surface area contributed by atoms with E-state index in [1.807, 2.05) is 13.8 Å². The highest BCUT2D eigenvalue weighted by atomic mass is 35.5. The Hall–Kier alpha value is -1.69. The lowest BCUT2D eigenvalue weighted by atomic mass is 10.2. The Morgan fingerprint density at radius 3 is 2.60 bits per heavy atom. The SMILES string of the molecule is CCOC(=O)C(C)NC(=O)c1nc(C(C)C)ncc1Cl. The molecule has 1 rings (SSSR count). The number of esters is 1. The standard InChI is InChI=1S/C13H18ClN3O3/c1-5-20-13(19)8(4)16-12(18)10-9(14)6-15-11(17-10)7(2)3/h6-8H,5H2,1-4H3,(H,16,18). The molecule has 0 saturated carbocycles. The van der Waals surface area contributed by atoms with Crippen molar-refractivity contribution in [1.82, 2.24) is 15.3 Å². The lowest BCUT2D eigenvalue weighted by Crippen LogP contribution is -2.40. The fraction of sp³-hybridized carbons (Fsp3) is 0.538. The van der Waals surface area contributed by atoms with Gasteiger partial charge in [0.15, 0.2) is 0 Å². The molecule has 0 aliphatic heterocycles. The number of aromatic nitrogens is 2. The second-order valence-electron chi connectivity index (χ2n) is 4.53. The zero-order valence-electron chi connectivity index (χ0n) is 11.9. The third-order valence-corrected chi connectivity index (χ3v) is 2.76. The maximum atomic E-state index is 12.1. The van der Waals surface area contributed by atoms with Gasteiger partial charge in [-0.1, -0.05) is 25.4 Å². The highest BCUT2D eigenvalue weighted by molar-refractivity contribution is 6.33. The molecule has 1 aromatic heterocycles. The summed E-state index contributed by atoms with van der Waals surface area (Å²) < 4.78 is 4.81. The summed E-state index contributed by atoms with van der Waals surface area (Å²) in [6, 6.07) is -0.768. The van der Waals surface area contributed by atoms with E-state index >= 15 is 0 Å². The lowest BCUT2D eigenvalue weighted by Gasteiger charge is -2.13. The Bertz CT molecular complexity index is 506. The maximum Gasteiger partial charge on any atom is 0.328 e. The van der Waals surface area contributed by atoms with E-state index in [4.69, 9.17) is 16.3 Å². The van der Waals surface area contributed by atoms with Crippen LogP contribution in [0.3, 0.4) is 0 Å². The van der Waals surface area contributed by atoms with Crippen LogP contribution in [-0.2, 0) is 9.53 Å². The number of nitrogens with one attached hydrogen (secondary N) is 1. The van der Waals surface area contributed by atoms with Crippen LogP contribution >= 0.6 is 11.6 Å². The molecule has 0 saturated heterocycles. The molecule has 0 aromatic carbocycles. The Morgan fingerprint density at radius 2 is 2.05 bits per heavy atom. The van der Waals surface area contributed by atoms with Crippen LogP contribution in [0.2, 0.25) is 5.02 Å². The molecule has 1 aromatic rings. The molecule has 0 aliphatic rings. The molecule has 1 N–H and O–H groups in total. The van der Waals surface area contributed by atoms with E-state index in [-0.39, 0.29) is 23.2 Å². The van der Waals surface area contributed by atoms with Crippen molar-refractivity contribution in [3.8, 4) is 0 Å². The quantitative estimate of drug-likeness (QED) is 0.840. The number of halogens is 1. The molecule has 0 spiro atoms. The third kappa shape index (κ3) is 4.16. The summed E-state index contributed by atoms with van der Waals surface area (Å²) in [4.78, 5) is 31.7. The van der Waals surface area contributed by atoms with E-state index in [1.165, 1.54) is 13.1 Å². The largest absolute Gasteiger partial charge is 0.464 e. The van der Waals surface area contributed by atoms with Gasteiger partial charge in [0.25, 0.3) is 5.91 Å². The van der Waals surface area contributed by atoms with Crippen LogP contribution in [-0.4, -0.2) is 34.5 Å².